The fourth-order valence-corrected chi connectivity index (χ4v) is 2.04. The Morgan fingerprint density at radius 2 is 2.12 bits per heavy atom. The number of halogens is 1. The third kappa shape index (κ3) is 2.60. The van der Waals surface area contributed by atoms with Crippen molar-refractivity contribution in [3.8, 4) is 0 Å². The average Bonchev–Trinajstić information content (AvgIpc) is 3.10. The molecule has 1 atom stereocenters. The normalized spacial score (nSPS) is 17.8. The van der Waals surface area contributed by atoms with E-state index < -0.39 is 6.10 Å². The Morgan fingerprint density at radius 3 is 2.69 bits per heavy atom. The summed E-state index contributed by atoms with van der Waals surface area (Å²) >= 11 is 0. The van der Waals surface area contributed by atoms with Gasteiger partial charge in [0, 0.05) is 18.2 Å². The fourth-order valence-electron chi connectivity index (χ4n) is 2.04. The van der Waals surface area contributed by atoms with E-state index in [4.69, 9.17) is 0 Å². The van der Waals surface area contributed by atoms with Crippen molar-refractivity contribution in [2.45, 2.75) is 31.9 Å². The summed E-state index contributed by atoms with van der Waals surface area (Å²) in [5.74, 6) is -0.318. The second-order valence-corrected chi connectivity index (χ2v) is 4.36. The van der Waals surface area contributed by atoms with Crippen LogP contribution in [0.5, 0.6) is 0 Å². The monoisotopic (exact) mass is 223 g/mol. The second kappa shape index (κ2) is 4.93. The largest absolute Gasteiger partial charge is 0.387 e. The van der Waals surface area contributed by atoms with Crippen molar-refractivity contribution < 1.29 is 9.50 Å². The van der Waals surface area contributed by atoms with Gasteiger partial charge >= 0.3 is 0 Å². The van der Waals surface area contributed by atoms with Crippen LogP contribution in [0.2, 0.25) is 0 Å². The number of rotatable bonds is 5. The maximum absolute atomic E-state index is 13.4. The molecule has 2 rings (SSSR count). The van der Waals surface area contributed by atoms with Gasteiger partial charge in [-0.05, 0) is 25.5 Å². The van der Waals surface area contributed by atoms with Gasteiger partial charge in [-0.1, -0.05) is 25.1 Å². The first-order chi connectivity index (χ1) is 7.72. The van der Waals surface area contributed by atoms with Crippen molar-refractivity contribution in [1.29, 1.82) is 0 Å². The molecule has 0 bridgehead atoms. The van der Waals surface area contributed by atoms with Crippen LogP contribution in [0.15, 0.2) is 24.3 Å². The van der Waals surface area contributed by atoms with Gasteiger partial charge in [-0.2, -0.15) is 0 Å². The molecule has 0 aliphatic heterocycles. The van der Waals surface area contributed by atoms with E-state index in [1.807, 2.05) is 0 Å². The summed E-state index contributed by atoms with van der Waals surface area (Å²) in [4.78, 5) is 2.22. The van der Waals surface area contributed by atoms with Crippen LogP contribution in [-0.2, 0) is 0 Å². The number of likely N-dealkylation sites (N-methyl/N-ethyl adjacent to an activating group) is 1. The summed E-state index contributed by atoms with van der Waals surface area (Å²) in [6, 6.07) is 7.05. The molecule has 88 valence electrons. The minimum atomic E-state index is -0.721. The highest BCUT2D eigenvalue weighted by molar-refractivity contribution is 5.20. The Labute approximate surface area is 95.7 Å². The third-order valence-electron chi connectivity index (χ3n) is 3.14. The SMILES string of the molecule is CCN(CC(O)c1ccccc1F)C1CC1. The van der Waals surface area contributed by atoms with Crippen molar-refractivity contribution in [3.63, 3.8) is 0 Å². The van der Waals surface area contributed by atoms with Crippen LogP contribution in [0.3, 0.4) is 0 Å². The maximum atomic E-state index is 13.4. The molecular formula is C13H18FNO. The van der Waals surface area contributed by atoms with E-state index >= 15 is 0 Å². The summed E-state index contributed by atoms with van der Waals surface area (Å²) in [5.41, 5.74) is 0.404. The van der Waals surface area contributed by atoms with E-state index in [9.17, 15) is 9.50 Å². The van der Waals surface area contributed by atoms with Gasteiger partial charge in [0.2, 0.25) is 0 Å². The number of nitrogens with zero attached hydrogens (tertiary/aromatic N) is 1. The van der Waals surface area contributed by atoms with Crippen LogP contribution in [-0.4, -0.2) is 29.1 Å². The maximum Gasteiger partial charge on any atom is 0.129 e. The van der Waals surface area contributed by atoms with Crippen molar-refractivity contribution in [2.75, 3.05) is 13.1 Å². The highest BCUT2D eigenvalue weighted by Crippen LogP contribution is 2.28. The van der Waals surface area contributed by atoms with Crippen LogP contribution in [0.1, 0.15) is 31.4 Å². The lowest BCUT2D eigenvalue weighted by atomic mass is 10.1. The number of aliphatic hydroxyl groups is 1. The molecule has 1 N–H and O–H groups in total. The fraction of sp³-hybridized carbons (Fsp3) is 0.538. The van der Waals surface area contributed by atoms with Crippen LogP contribution >= 0.6 is 0 Å². The predicted molar refractivity (Wildman–Crippen MR) is 61.6 cm³/mol. The van der Waals surface area contributed by atoms with E-state index in [2.05, 4.69) is 11.8 Å². The van der Waals surface area contributed by atoms with Crippen molar-refractivity contribution in [3.05, 3.63) is 35.6 Å². The Bertz CT molecular complexity index is 352. The van der Waals surface area contributed by atoms with Gasteiger partial charge in [0.15, 0.2) is 0 Å². The van der Waals surface area contributed by atoms with E-state index in [1.54, 1.807) is 18.2 Å². The third-order valence-corrected chi connectivity index (χ3v) is 3.14. The summed E-state index contributed by atoms with van der Waals surface area (Å²) in [6.45, 7) is 3.52. The molecule has 1 aliphatic rings. The molecule has 1 fully saturated rings. The molecule has 1 aromatic rings. The van der Waals surface area contributed by atoms with Crippen LogP contribution in [0.25, 0.3) is 0 Å². The van der Waals surface area contributed by atoms with Gasteiger partial charge in [-0.25, -0.2) is 4.39 Å². The molecule has 1 aromatic carbocycles. The van der Waals surface area contributed by atoms with E-state index in [0.29, 0.717) is 18.2 Å². The molecule has 16 heavy (non-hydrogen) atoms. The molecule has 0 spiro atoms. The molecule has 3 heteroatoms. The minimum absolute atomic E-state index is 0.318. The topological polar surface area (TPSA) is 23.5 Å². The molecule has 1 unspecified atom stereocenters. The van der Waals surface area contributed by atoms with Crippen molar-refractivity contribution in [1.82, 2.24) is 4.90 Å². The quantitative estimate of drug-likeness (QED) is 0.828. The predicted octanol–water partition coefficient (Wildman–Crippen LogP) is 2.34. The summed E-state index contributed by atoms with van der Waals surface area (Å²) in [7, 11) is 0. The molecule has 0 amide bonds. The van der Waals surface area contributed by atoms with Crippen LogP contribution in [0.4, 0.5) is 4.39 Å². The lowest BCUT2D eigenvalue weighted by Crippen LogP contribution is -2.30. The highest BCUT2D eigenvalue weighted by Gasteiger charge is 2.29. The summed E-state index contributed by atoms with van der Waals surface area (Å²) in [6.07, 6.45) is 1.69. The van der Waals surface area contributed by atoms with Gasteiger partial charge in [-0.3, -0.25) is 4.90 Å². The van der Waals surface area contributed by atoms with Gasteiger partial charge in [-0.15, -0.1) is 0 Å². The zero-order valence-corrected chi connectivity index (χ0v) is 9.56. The van der Waals surface area contributed by atoms with E-state index in [1.165, 1.54) is 18.9 Å². The number of benzene rings is 1. The van der Waals surface area contributed by atoms with Crippen LogP contribution < -0.4 is 0 Å². The average molecular weight is 223 g/mol. The molecular weight excluding hydrogens is 205 g/mol. The number of hydrogen-bond acceptors (Lipinski definition) is 2. The Balaban J connectivity index is 2.01. The highest BCUT2D eigenvalue weighted by atomic mass is 19.1. The van der Waals surface area contributed by atoms with Crippen LogP contribution in [0, 0.1) is 5.82 Å². The van der Waals surface area contributed by atoms with Gasteiger partial charge in [0.05, 0.1) is 6.10 Å². The molecule has 0 radical (unpaired) electrons. The Kier molecular flexibility index (Phi) is 3.56. The molecule has 2 nitrogen and oxygen atoms in total. The first-order valence-electron chi connectivity index (χ1n) is 5.89. The second-order valence-electron chi connectivity index (χ2n) is 4.36. The first kappa shape index (κ1) is 11.6. The lowest BCUT2D eigenvalue weighted by Gasteiger charge is -2.23. The van der Waals surface area contributed by atoms with Crippen molar-refractivity contribution in [2.24, 2.45) is 0 Å². The minimum Gasteiger partial charge on any atom is -0.387 e. The standard InChI is InChI=1S/C13H18FNO/c1-2-15(10-7-8-10)9-13(16)11-5-3-4-6-12(11)14/h3-6,10,13,16H,2,7-9H2,1H3. The van der Waals surface area contributed by atoms with Crippen molar-refractivity contribution >= 4 is 0 Å². The molecule has 0 heterocycles. The zero-order valence-electron chi connectivity index (χ0n) is 9.56. The van der Waals surface area contributed by atoms with Gasteiger partial charge in [0.25, 0.3) is 0 Å². The van der Waals surface area contributed by atoms with Gasteiger partial charge < -0.3 is 5.11 Å². The summed E-state index contributed by atoms with van der Waals surface area (Å²) < 4.78 is 13.4. The number of aliphatic hydroxyl groups excluding tert-OH is 1. The zero-order chi connectivity index (χ0) is 11.5. The van der Waals surface area contributed by atoms with E-state index in [0.717, 1.165) is 6.54 Å². The summed E-state index contributed by atoms with van der Waals surface area (Å²) in [5, 5.41) is 10.00. The molecule has 1 aliphatic carbocycles. The Hall–Kier alpha value is -0.930. The number of hydrogen-bond donors (Lipinski definition) is 1. The van der Waals surface area contributed by atoms with Gasteiger partial charge in [0.1, 0.15) is 5.82 Å². The smallest absolute Gasteiger partial charge is 0.129 e. The first-order valence-corrected chi connectivity index (χ1v) is 5.89. The molecule has 0 aromatic heterocycles. The molecule has 0 saturated heterocycles. The molecule has 1 saturated carbocycles. The van der Waals surface area contributed by atoms with E-state index in [-0.39, 0.29) is 5.82 Å². The Morgan fingerprint density at radius 1 is 1.44 bits per heavy atom. The lowest BCUT2D eigenvalue weighted by molar-refractivity contribution is 0.109.